The van der Waals surface area contributed by atoms with Gasteiger partial charge in [0.2, 0.25) is 5.91 Å². The monoisotopic (exact) mass is 399 g/mol. The molecule has 0 N–H and O–H groups in total. The number of piperidine rings is 2. The van der Waals surface area contributed by atoms with Gasteiger partial charge in [0, 0.05) is 44.0 Å². The molecule has 0 aliphatic carbocycles. The van der Waals surface area contributed by atoms with Crippen molar-refractivity contribution in [2.75, 3.05) is 26.2 Å². The second-order valence-electron chi connectivity index (χ2n) is 8.42. The molecule has 154 valence electrons. The summed E-state index contributed by atoms with van der Waals surface area (Å²) in [6, 6.07) is 8.34. The van der Waals surface area contributed by atoms with Crippen LogP contribution in [0.4, 0.5) is 8.78 Å². The maximum absolute atomic E-state index is 14.0. The summed E-state index contributed by atoms with van der Waals surface area (Å²) in [6.45, 7) is 3.66. The van der Waals surface area contributed by atoms with Gasteiger partial charge in [0.1, 0.15) is 0 Å². The lowest BCUT2D eigenvalue weighted by Crippen LogP contribution is -2.51. The van der Waals surface area contributed by atoms with E-state index >= 15 is 0 Å². The van der Waals surface area contributed by atoms with Crippen molar-refractivity contribution in [3.63, 3.8) is 0 Å². The van der Waals surface area contributed by atoms with E-state index in [0.29, 0.717) is 18.5 Å². The van der Waals surface area contributed by atoms with Crippen LogP contribution in [0.1, 0.15) is 36.8 Å². The van der Waals surface area contributed by atoms with Crippen LogP contribution < -0.4 is 0 Å². The molecule has 2 saturated heterocycles. The highest BCUT2D eigenvalue weighted by Gasteiger charge is 2.40. The van der Waals surface area contributed by atoms with Crippen LogP contribution in [0.25, 0.3) is 0 Å². The zero-order chi connectivity index (χ0) is 20.3. The van der Waals surface area contributed by atoms with Gasteiger partial charge < -0.3 is 4.90 Å². The summed E-state index contributed by atoms with van der Waals surface area (Å²) in [7, 11) is 0. The van der Waals surface area contributed by atoms with Gasteiger partial charge in [-0.2, -0.15) is 0 Å². The van der Waals surface area contributed by atoms with Crippen molar-refractivity contribution in [1.29, 1.82) is 0 Å². The third-order valence-electron chi connectivity index (χ3n) is 6.48. The molecule has 1 spiro atoms. The van der Waals surface area contributed by atoms with Crippen molar-refractivity contribution in [3.8, 4) is 0 Å². The number of nitrogens with zero attached hydrogens (tertiary/aromatic N) is 3. The number of amides is 1. The van der Waals surface area contributed by atoms with E-state index in [4.69, 9.17) is 0 Å². The highest BCUT2D eigenvalue weighted by molar-refractivity contribution is 5.77. The molecule has 0 atom stereocenters. The number of halogens is 2. The Morgan fingerprint density at radius 3 is 2.66 bits per heavy atom. The van der Waals surface area contributed by atoms with Crippen molar-refractivity contribution in [1.82, 2.24) is 14.8 Å². The zero-order valence-corrected chi connectivity index (χ0v) is 16.6. The molecule has 2 aliphatic heterocycles. The molecule has 4 rings (SSSR count). The number of likely N-dealkylation sites (tertiary alicyclic amines) is 2. The van der Waals surface area contributed by atoms with Gasteiger partial charge in [-0.1, -0.05) is 18.2 Å². The fraction of sp³-hybridized carbons (Fsp3) is 0.478. The Morgan fingerprint density at radius 1 is 1.07 bits per heavy atom. The Bertz CT molecular complexity index is 850. The van der Waals surface area contributed by atoms with Crippen molar-refractivity contribution >= 4 is 5.91 Å². The van der Waals surface area contributed by atoms with E-state index in [1.54, 1.807) is 18.3 Å². The first-order valence-corrected chi connectivity index (χ1v) is 10.4. The normalized spacial score (nSPS) is 19.7. The first-order valence-electron chi connectivity index (χ1n) is 10.4. The van der Waals surface area contributed by atoms with Crippen molar-refractivity contribution < 1.29 is 13.6 Å². The van der Waals surface area contributed by atoms with Crippen LogP contribution in [0, 0.1) is 17.0 Å². The van der Waals surface area contributed by atoms with Crippen LogP contribution in [0.15, 0.2) is 42.7 Å². The van der Waals surface area contributed by atoms with Crippen LogP contribution in [0.2, 0.25) is 0 Å². The van der Waals surface area contributed by atoms with Gasteiger partial charge in [-0.25, -0.2) is 8.78 Å². The van der Waals surface area contributed by atoms with Gasteiger partial charge in [-0.15, -0.1) is 0 Å². The highest BCUT2D eigenvalue weighted by atomic mass is 19.2. The van der Waals surface area contributed by atoms with Gasteiger partial charge >= 0.3 is 0 Å². The van der Waals surface area contributed by atoms with Crippen LogP contribution in [0.3, 0.4) is 0 Å². The molecule has 1 aromatic carbocycles. The first kappa shape index (κ1) is 20.0. The largest absolute Gasteiger partial charge is 0.342 e. The molecule has 4 nitrogen and oxygen atoms in total. The lowest BCUT2D eigenvalue weighted by Gasteiger charge is -2.47. The quantitative estimate of drug-likeness (QED) is 0.767. The number of hydrogen-bond acceptors (Lipinski definition) is 3. The van der Waals surface area contributed by atoms with E-state index in [2.05, 4.69) is 9.88 Å². The van der Waals surface area contributed by atoms with E-state index in [1.165, 1.54) is 0 Å². The third-order valence-corrected chi connectivity index (χ3v) is 6.48. The van der Waals surface area contributed by atoms with Crippen LogP contribution in [-0.2, 0) is 17.8 Å². The molecule has 1 aromatic heterocycles. The van der Waals surface area contributed by atoms with Crippen LogP contribution in [0.5, 0.6) is 0 Å². The van der Waals surface area contributed by atoms with Crippen molar-refractivity contribution in [3.05, 3.63) is 65.5 Å². The summed E-state index contributed by atoms with van der Waals surface area (Å²) >= 11 is 0. The van der Waals surface area contributed by atoms with E-state index in [-0.39, 0.29) is 11.3 Å². The average Bonchev–Trinajstić information content (AvgIpc) is 2.75. The molecule has 6 heteroatoms. The summed E-state index contributed by atoms with van der Waals surface area (Å²) in [6.07, 6.45) is 7.94. The molecule has 2 aliphatic rings. The number of carbonyl (C=O) groups is 1. The minimum absolute atomic E-state index is 0.153. The zero-order valence-electron chi connectivity index (χ0n) is 16.6. The van der Waals surface area contributed by atoms with E-state index in [9.17, 15) is 13.6 Å². The number of carbonyl (C=O) groups excluding carboxylic acids is 1. The lowest BCUT2D eigenvalue weighted by atomic mass is 9.72. The molecule has 0 radical (unpaired) electrons. The Hall–Kier alpha value is -2.34. The van der Waals surface area contributed by atoms with Crippen molar-refractivity contribution in [2.45, 2.75) is 38.6 Å². The fourth-order valence-electron chi connectivity index (χ4n) is 4.62. The molecule has 29 heavy (non-hydrogen) atoms. The Kier molecular flexibility index (Phi) is 5.90. The minimum atomic E-state index is -0.786. The number of aromatic nitrogens is 1. The predicted molar refractivity (Wildman–Crippen MR) is 107 cm³/mol. The predicted octanol–water partition coefficient (Wildman–Crippen LogP) is 3.81. The molecule has 2 aromatic rings. The SMILES string of the molecule is O=C1CCC2(CCN(Cc3cccc(F)c3F)CC2)CN1CCc1cccnc1. The Labute approximate surface area is 170 Å². The van der Waals surface area contributed by atoms with E-state index in [1.807, 2.05) is 23.2 Å². The summed E-state index contributed by atoms with van der Waals surface area (Å²) in [5.74, 6) is -1.28. The van der Waals surface area contributed by atoms with Gasteiger partial charge in [-0.05, 0) is 61.9 Å². The van der Waals surface area contributed by atoms with E-state index in [0.717, 1.165) is 63.5 Å². The maximum atomic E-state index is 14.0. The van der Waals surface area contributed by atoms with Gasteiger partial charge in [0.25, 0.3) is 0 Å². The number of pyridine rings is 1. The molecule has 2 fully saturated rings. The van der Waals surface area contributed by atoms with Gasteiger partial charge in [0.05, 0.1) is 0 Å². The third kappa shape index (κ3) is 4.64. The van der Waals surface area contributed by atoms with Crippen LogP contribution in [-0.4, -0.2) is 46.9 Å². The highest BCUT2D eigenvalue weighted by Crippen LogP contribution is 2.40. The summed E-state index contributed by atoms with van der Waals surface area (Å²) in [4.78, 5) is 20.8. The second-order valence-corrected chi connectivity index (χ2v) is 8.42. The van der Waals surface area contributed by atoms with Crippen LogP contribution >= 0.6 is 0 Å². The number of benzene rings is 1. The minimum Gasteiger partial charge on any atom is -0.342 e. The molecular weight excluding hydrogens is 372 g/mol. The molecule has 3 heterocycles. The number of rotatable bonds is 5. The smallest absolute Gasteiger partial charge is 0.222 e. The second kappa shape index (κ2) is 8.57. The molecule has 1 amide bonds. The Morgan fingerprint density at radius 2 is 1.90 bits per heavy atom. The van der Waals surface area contributed by atoms with Gasteiger partial charge in [-0.3, -0.25) is 14.7 Å². The van der Waals surface area contributed by atoms with E-state index < -0.39 is 11.6 Å². The number of hydrogen-bond donors (Lipinski definition) is 0. The topological polar surface area (TPSA) is 36.4 Å². The fourth-order valence-corrected chi connectivity index (χ4v) is 4.62. The average molecular weight is 399 g/mol. The molecule has 0 unspecified atom stereocenters. The maximum Gasteiger partial charge on any atom is 0.222 e. The lowest BCUT2D eigenvalue weighted by molar-refractivity contribution is -0.139. The summed E-state index contributed by atoms with van der Waals surface area (Å²) in [5, 5.41) is 0. The van der Waals surface area contributed by atoms with Gasteiger partial charge in [0.15, 0.2) is 11.6 Å². The standard InChI is InChI=1S/C23H27F2N3O/c24-20-5-1-4-19(22(20)25)16-27-13-9-23(10-14-27)8-6-21(29)28(17-23)12-7-18-3-2-11-26-15-18/h1-5,11,15H,6-10,12-14,16-17H2. The molecule has 0 bridgehead atoms. The first-order chi connectivity index (χ1) is 14.0. The summed E-state index contributed by atoms with van der Waals surface area (Å²) < 4.78 is 27.4. The molecular formula is C23H27F2N3O. The molecule has 0 saturated carbocycles. The van der Waals surface area contributed by atoms with Crippen molar-refractivity contribution in [2.24, 2.45) is 5.41 Å². The Balaban J connectivity index is 1.33. The summed E-state index contributed by atoms with van der Waals surface area (Å²) in [5.41, 5.74) is 1.71.